The Balaban J connectivity index is 1.63. The molecule has 39 heavy (non-hydrogen) atoms. The Morgan fingerprint density at radius 1 is 0.923 bits per heavy atom. The molecule has 1 aromatic heterocycles. The second kappa shape index (κ2) is 15.4. The molecule has 0 saturated carbocycles. The lowest BCUT2D eigenvalue weighted by Gasteiger charge is -2.23. The van der Waals surface area contributed by atoms with Crippen LogP contribution in [0.1, 0.15) is 37.3 Å². The van der Waals surface area contributed by atoms with Gasteiger partial charge in [-0.3, -0.25) is 18.6 Å². The summed E-state index contributed by atoms with van der Waals surface area (Å²) in [6.07, 6.45) is 3.74. The largest absolute Gasteiger partial charge is 0.481 e. The number of aromatic nitrogens is 1. The van der Waals surface area contributed by atoms with Crippen molar-refractivity contribution in [1.29, 1.82) is 0 Å². The summed E-state index contributed by atoms with van der Waals surface area (Å²) in [4.78, 5) is 41.6. The topological polar surface area (TPSA) is 137 Å². The number of carbonyl (C=O) groups is 3. The first-order chi connectivity index (χ1) is 18.8. The summed E-state index contributed by atoms with van der Waals surface area (Å²) in [6.45, 7) is 0.528. The van der Waals surface area contributed by atoms with Crippen LogP contribution in [0.25, 0.3) is 11.1 Å². The summed E-state index contributed by atoms with van der Waals surface area (Å²) in [5.41, 5.74) is 2.62. The Kier molecular flexibility index (Phi) is 11.6. The summed E-state index contributed by atoms with van der Waals surface area (Å²) in [7, 11) is -1.17. The van der Waals surface area contributed by atoms with Crippen LogP contribution in [-0.4, -0.2) is 56.7 Å². The van der Waals surface area contributed by atoms with Crippen LogP contribution < -0.4 is 16.0 Å². The fraction of sp³-hybridized carbons (Fsp3) is 0.310. The third-order valence-electron chi connectivity index (χ3n) is 6.01. The molecular formula is C29H34N4O5S. The van der Waals surface area contributed by atoms with Gasteiger partial charge in [-0.05, 0) is 41.7 Å². The lowest BCUT2D eigenvalue weighted by atomic mass is 9.98. The molecule has 0 aliphatic carbocycles. The molecule has 10 heteroatoms. The molecular weight excluding hydrogens is 516 g/mol. The van der Waals surface area contributed by atoms with Crippen LogP contribution in [0.3, 0.4) is 0 Å². The van der Waals surface area contributed by atoms with E-state index in [1.54, 1.807) is 18.3 Å². The van der Waals surface area contributed by atoms with Crippen LogP contribution in [0.15, 0.2) is 79.0 Å². The van der Waals surface area contributed by atoms with E-state index in [0.717, 1.165) is 11.1 Å². The Bertz CT molecular complexity index is 1240. The molecule has 2 aromatic carbocycles. The Hall–Kier alpha value is -4.05. The highest BCUT2D eigenvalue weighted by Gasteiger charge is 2.25. The van der Waals surface area contributed by atoms with Crippen LogP contribution in [0.5, 0.6) is 0 Å². The molecule has 9 nitrogen and oxygen atoms in total. The molecule has 206 valence electrons. The van der Waals surface area contributed by atoms with E-state index in [-0.39, 0.29) is 30.9 Å². The first-order valence-corrected chi connectivity index (χ1v) is 14.5. The lowest BCUT2D eigenvalue weighted by molar-refractivity contribution is -0.138. The molecule has 3 aromatic rings. The summed E-state index contributed by atoms with van der Waals surface area (Å²) in [5, 5.41) is 18.1. The van der Waals surface area contributed by atoms with Crippen LogP contribution in [0, 0.1) is 0 Å². The average molecular weight is 551 g/mol. The van der Waals surface area contributed by atoms with Crippen molar-refractivity contribution < 1.29 is 23.7 Å². The SMILES string of the molecule is CS(=O)CC[C@H](NC(=O)CCCNc1ccccn1)C(=O)NC(CC(=O)O)c1ccc(-c2ccccc2)cc1. The average Bonchev–Trinajstić information content (AvgIpc) is 2.94. The number of nitrogens with zero attached hydrogens (tertiary/aromatic N) is 1. The highest BCUT2D eigenvalue weighted by atomic mass is 32.2. The van der Waals surface area contributed by atoms with Crippen LogP contribution >= 0.6 is 0 Å². The molecule has 0 radical (unpaired) electrons. The van der Waals surface area contributed by atoms with Gasteiger partial charge in [0.25, 0.3) is 0 Å². The zero-order valence-electron chi connectivity index (χ0n) is 21.8. The summed E-state index contributed by atoms with van der Waals surface area (Å²) >= 11 is 0. The van der Waals surface area contributed by atoms with Crippen molar-refractivity contribution in [3.05, 3.63) is 84.6 Å². The maximum Gasteiger partial charge on any atom is 0.305 e. The summed E-state index contributed by atoms with van der Waals surface area (Å²) in [5.74, 6) is -0.972. The zero-order valence-corrected chi connectivity index (χ0v) is 22.7. The minimum atomic E-state index is -1.17. The molecule has 2 unspecified atom stereocenters. The van der Waals surface area contributed by atoms with Crippen molar-refractivity contribution in [3.8, 4) is 11.1 Å². The molecule has 1 heterocycles. The van der Waals surface area contributed by atoms with Gasteiger partial charge in [-0.1, -0.05) is 60.7 Å². The van der Waals surface area contributed by atoms with Gasteiger partial charge in [0, 0.05) is 42.0 Å². The fourth-order valence-corrected chi connectivity index (χ4v) is 4.56. The molecule has 4 N–H and O–H groups in total. The second-order valence-corrected chi connectivity index (χ2v) is 10.6. The van der Waals surface area contributed by atoms with Crippen LogP contribution in [-0.2, 0) is 25.2 Å². The van der Waals surface area contributed by atoms with E-state index in [1.807, 2.05) is 60.7 Å². The maximum atomic E-state index is 13.2. The van der Waals surface area contributed by atoms with E-state index in [1.165, 1.54) is 6.26 Å². The van der Waals surface area contributed by atoms with Crippen molar-refractivity contribution >= 4 is 34.4 Å². The Morgan fingerprint density at radius 3 is 2.26 bits per heavy atom. The number of carbonyl (C=O) groups excluding carboxylic acids is 2. The number of carboxylic acids is 1. The monoisotopic (exact) mass is 550 g/mol. The second-order valence-electron chi connectivity index (χ2n) is 9.08. The van der Waals surface area contributed by atoms with Crippen molar-refractivity contribution in [2.24, 2.45) is 0 Å². The molecule has 0 bridgehead atoms. The highest BCUT2D eigenvalue weighted by molar-refractivity contribution is 7.84. The Morgan fingerprint density at radius 2 is 1.62 bits per heavy atom. The Labute approximate surface area is 230 Å². The highest BCUT2D eigenvalue weighted by Crippen LogP contribution is 2.23. The number of pyridine rings is 1. The van der Waals surface area contributed by atoms with Gasteiger partial charge in [-0.2, -0.15) is 0 Å². The fourth-order valence-electron chi connectivity index (χ4n) is 3.99. The number of nitrogens with one attached hydrogen (secondary N) is 3. The van der Waals surface area contributed by atoms with Gasteiger partial charge in [-0.25, -0.2) is 4.98 Å². The molecule has 2 amide bonds. The van der Waals surface area contributed by atoms with Gasteiger partial charge >= 0.3 is 5.97 Å². The standard InChI is InChI=1S/C29H34N4O5S/c1-39(38)19-16-24(32-27(34)11-7-18-31-26-10-5-6-17-30-26)29(37)33-25(20-28(35)36)23-14-12-22(13-15-23)21-8-3-2-4-9-21/h2-6,8-10,12-15,17,24-25H,7,11,16,18-20H2,1H3,(H,30,31)(H,32,34)(H,33,37)(H,35,36)/t24-,25?,39?/m0/s1. The number of amides is 2. The molecule has 3 atom stereocenters. The van der Waals surface area contributed by atoms with Crippen molar-refractivity contribution in [3.63, 3.8) is 0 Å². The van der Waals surface area contributed by atoms with Gasteiger partial charge in [-0.15, -0.1) is 0 Å². The number of carboxylic acid groups (broad SMARTS) is 1. The summed E-state index contributed by atoms with van der Waals surface area (Å²) in [6, 6.07) is 20.9. The van der Waals surface area contributed by atoms with Gasteiger partial charge < -0.3 is 21.1 Å². The van der Waals surface area contributed by atoms with E-state index in [2.05, 4.69) is 20.9 Å². The number of hydrogen-bond acceptors (Lipinski definition) is 6. The number of anilines is 1. The van der Waals surface area contributed by atoms with Crippen LogP contribution in [0.4, 0.5) is 5.82 Å². The van der Waals surface area contributed by atoms with Gasteiger partial charge in [0.05, 0.1) is 12.5 Å². The summed E-state index contributed by atoms with van der Waals surface area (Å²) < 4.78 is 11.7. The first-order valence-electron chi connectivity index (χ1n) is 12.7. The molecule has 3 rings (SSSR count). The molecule has 0 aliphatic heterocycles. The van der Waals surface area contributed by atoms with Gasteiger partial charge in [0.2, 0.25) is 11.8 Å². The van der Waals surface area contributed by atoms with Gasteiger partial charge in [0.15, 0.2) is 0 Å². The molecule has 0 spiro atoms. The van der Waals surface area contributed by atoms with Crippen molar-refractivity contribution in [2.75, 3.05) is 23.9 Å². The third-order valence-corrected chi connectivity index (χ3v) is 6.82. The van der Waals surface area contributed by atoms with E-state index in [9.17, 15) is 23.7 Å². The van der Waals surface area contributed by atoms with Crippen molar-refractivity contribution in [1.82, 2.24) is 15.6 Å². The number of benzene rings is 2. The van der Waals surface area contributed by atoms with E-state index in [0.29, 0.717) is 24.3 Å². The first kappa shape index (κ1) is 29.5. The lowest BCUT2D eigenvalue weighted by Crippen LogP contribution is -2.48. The van der Waals surface area contributed by atoms with Crippen molar-refractivity contribution in [2.45, 2.75) is 37.8 Å². The van der Waals surface area contributed by atoms with E-state index < -0.39 is 34.8 Å². The minimum Gasteiger partial charge on any atom is -0.481 e. The minimum absolute atomic E-state index is 0.166. The predicted molar refractivity (Wildman–Crippen MR) is 152 cm³/mol. The third kappa shape index (κ3) is 10.3. The van der Waals surface area contributed by atoms with Gasteiger partial charge in [0.1, 0.15) is 11.9 Å². The molecule has 0 saturated heterocycles. The number of hydrogen-bond donors (Lipinski definition) is 4. The van der Waals surface area contributed by atoms with E-state index >= 15 is 0 Å². The van der Waals surface area contributed by atoms with Crippen LogP contribution in [0.2, 0.25) is 0 Å². The smallest absolute Gasteiger partial charge is 0.305 e. The maximum absolute atomic E-state index is 13.2. The van der Waals surface area contributed by atoms with E-state index in [4.69, 9.17) is 0 Å². The predicted octanol–water partition coefficient (Wildman–Crippen LogP) is 3.53. The quantitative estimate of drug-likeness (QED) is 0.213. The molecule has 0 fully saturated rings. The molecule has 0 aliphatic rings. The number of aliphatic carboxylic acids is 1. The zero-order chi connectivity index (χ0) is 28.0. The number of rotatable bonds is 15. The normalized spacial score (nSPS) is 13.1.